The van der Waals surface area contributed by atoms with Crippen LogP contribution in [-0.2, 0) is 23.1 Å². The SMILES string of the molecule is CCn1cc(S(=O)(=O)NCC(F)(F)F)cc1CNC1CC1. The van der Waals surface area contributed by atoms with Gasteiger partial charge < -0.3 is 9.88 Å². The zero-order valence-corrected chi connectivity index (χ0v) is 12.4. The summed E-state index contributed by atoms with van der Waals surface area (Å²) >= 11 is 0. The standard InChI is InChI=1S/C12H18F3N3O2S/c1-2-18-7-11(5-10(18)6-16-9-3-4-9)21(19,20)17-8-12(13,14)15/h5,7,9,16-17H,2-4,6,8H2,1H3. The van der Waals surface area contributed by atoms with Crippen LogP contribution in [0.5, 0.6) is 0 Å². The minimum Gasteiger partial charge on any atom is -0.349 e. The summed E-state index contributed by atoms with van der Waals surface area (Å²) in [7, 11) is -4.15. The van der Waals surface area contributed by atoms with Gasteiger partial charge in [-0.1, -0.05) is 0 Å². The number of nitrogens with zero attached hydrogens (tertiary/aromatic N) is 1. The average Bonchev–Trinajstić information content (AvgIpc) is 3.11. The number of halogens is 3. The molecule has 2 rings (SSSR count). The van der Waals surface area contributed by atoms with E-state index in [0.29, 0.717) is 19.1 Å². The fraction of sp³-hybridized carbons (Fsp3) is 0.667. The average molecular weight is 325 g/mol. The Morgan fingerprint density at radius 3 is 2.57 bits per heavy atom. The van der Waals surface area contributed by atoms with Gasteiger partial charge in [0.25, 0.3) is 0 Å². The molecule has 9 heteroatoms. The Morgan fingerprint density at radius 1 is 1.38 bits per heavy atom. The van der Waals surface area contributed by atoms with E-state index in [1.165, 1.54) is 12.3 Å². The molecule has 120 valence electrons. The lowest BCUT2D eigenvalue weighted by Crippen LogP contribution is -2.33. The first kappa shape index (κ1) is 16.3. The smallest absolute Gasteiger partial charge is 0.349 e. The van der Waals surface area contributed by atoms with Gasteiger partial charge in [0.05, 0.1) is 4.90 Å². The van der Waals surface area contributed by atoms with E-state index in [9.17, 15) is 21.6 Å². The van der Waals surface area contributed by atoms with Crippen molar-refractivity contribution in [2.75, 3.05) is 6.54 Å². The Labute approximate surface area is 121 Å². The van der Waals surface area contributed by atoms with Gasteiger partial charge in [0, 0.05) is 31.0 Å². The second-order valence-corrected chi connectivity index (χ2v) is 6.82. The molecule has 0 spiro atoms. The molecule has 1 saturated carbocycles. The largest absolute Gasteiger partial charge is 0.402 e. The Bertz CT molecular complexity index is 591. The van der Waals surface area contributed by atoms with Crippen molar-refractivity contribution in [2.24, 2.45) is 0 Å². The zero-order valence-electron chi connectivity index (χ0n) is 11.6. The van der Waals surface area contributed by atoms with Crippen molar-refractivity contribution in [3.63, 3.8) is 0 Å². The van der Waals surface area contributed by atoms with Gasteiger partial charge in [-0.3, -0.25) is 0 Å². The van der Waals surface area contributed by atoms with Crippen molar-refractivity contribution in [1.29, 1.82) is 0 Å². The van der Waals surface area contributed by atoms with Gasteiger partial charge in [-0.25, -0.2) is 13.1 Å². The van der Waals surface area contributed by atoms with E-state index in [2.05, 4.69) is 5.32 Å². The van der Waals surface area contributed by atoms with Crippen molar-refractivity contribution in [3.8, 4) is 0 Å². The minimum absolute atomic E-state index is 0.138. The number of rotatable bonds is 7. The number of nitrogens with one attached hydrogen (secondary N) is 2. The quantitative estimate of drug-likeness (QED) is 0.800. The summed E-state index contributed by atoms with van der Waals surface area (Å²) in [6.07, 6.45) is -1.00. The summed E-state index contributed by atoms with van der Waals surface area (Å²) in [5.74, 6) is 0. The van der Waals surface area contributed by atoms with Gasteiger partial charge in [-0.15, -0.1) is 0 Å². The number of aromatic nitrogens is 1. The molecular formula is C12H18F3N3O2S. The van der Waals surface area contributed by atoms with Crippen LogP contribution in [0.3, 0.4) is 0 Å². The molecule has 0 radical (unpaired) electrons. The van der Waals surface area contributed by atoms with Crippen molar-refractivity contribution in [1.82, 2.24) is 14.6 Å². The fourth-order valence-corrected chi connectivity index (χ4v) is 2.99. The lowest BCUT2D eigenvalue weighted by Gasteiger charge is -2.07. The lowest BCUT2D eigenvalue weighted by molar-refractivity contribution is -0.121. The fourth-order valence-electron chi connectivity index (χ4n) is 1.91. The summed E-state index contributed by atoms with van der Waals surface area (Å²) in [6.45, 7) is 1.34. The van der Waals surface area contributed by atoms with E-state index in [1.807, 2.05) is 6.92 Å². The Kier molecular flexibility index (Phi) is 4.64. The van der Waals surface area contributed by atoms with Crippen molar-refractivity contribution < 1.29 is 21.6 Å². The van der Waals surface area contributed by atoms with Crippen LogP contribution in [0.4, 0.5) is 13.2 Å². The highest BCUT2D eigenvalue weighted by molar-refractivity contribution is 7.89. The van der Waals surface area contributed by atoms with E-state index in [-0.39, 0.29) is 4.90 Å². The highest BCUT2D eigenvalue weighted by atomic mass is 32.2. The van der Waals surface area contributed by atoms with Crippen LogP contribution in [0.15, 0.2) is 17.2 Å². The van der Waals surface area contributed by atoms with Gasteiger partial charge in [-0.2, -0.15) is 13.2 Å². The summed E-state index contributed by atoms with van der Waals surface area (Å²) in [5, 5.41) is 3.25. The number of sulfonamides is 1. The van der Waals surface area contributed by atoms with Crippen LogP contribution in [0.1, 0.15) is 25.5 Å². The normalized spacial score (nSPS) is 16.4. The highest BCUT2D eigenvalue weighted by Gasteiger charge is 2.30. The van der Waals surface area contributed by atoms with Crippen molar-refractivity contribution in [2.45, 2.75) is 50.0 Å². The predicted molar refractivity (Wildman–Crippen MR) is 71.2 cm³/mol. The molecule has 0 saturated heterocycles. The van der Waals surface area contributed by atoms with E-state index in [4.69, 9.17) is 0 Å². The predicted octanol–water partition coefficient (Wildman–Crippen LogP) is 1.60. The number of hydrogen-bond donors (Lipinski definition) is 2. The Balaban J connectivity index is 2.10. The third-order valence-electron chi connectivity index (χ3n) is 3.22. The molecule has 1 aliphatic rings. The first-order valence-corrected chi connectivity index (χ1v) is 8.18. The zero-order chi connectivity index (χ0) is 15.7. The summed E-state index contributed by atoms with van der Waals surface area (Å²) < 4.78 is 63.4. The maximum absolute atomic E-state index is 12.1. The Morgan fingerprint density at radius 2 is 2.05 bits per heavy atom. The second kappa shape index (κ2) is 5.98. The topological polar surface area (TPSA) is 63.1 Å². The molecule has 0 unspecified atom stereocenters. The second-order valence-electron chi connectivity index (χ2n) is 5.05. The molecule has 0 bridgehead atoms. The van der Waals surface area contributed by atoms with Crippen LogP contribution in [0, 0.1) is 0 Å². The third-order valence-corrected chi connectivity index (χ3v) is 4.59. The maximum atomic E-state index is 12.1. The minimum atomic E-state index is -4.57. The van der Waals surface area contributed by atoms with Crippen LogP contribution in [0.25, 0.3) is 0 Å². The summed E-state index contributed by atoms with van der Waals surface area (Å²) in [4.78, 5) is -0.138. The number of hydrogen-bond acceptors (Lipinski definition) is 3. The van der Waals surface area contributed by atoms with Crippen LogP contribution in [-0.4, -0.2) is 31.7 Å². The molecule has 21 heavy (non-hydrogen) atoms. The lowest BCUT2D eigenvalue weighted by atomic mass is 10.4. The molecule has 2 N–H and O–H groups in total. The third kappa shape index (κ3) is 4.72. The van der Waals surface area contributed by atoms with Crippen LogP contribution in [0.2, 0.25) is 0 Å². The molecule has 5 nitrogen and oxygen atoms in total. The number of aryl methyl sites for hydroxylation is 1. The maximum Gasteiger partial charge on any atom is 0.402 e. The summed E-state index contributed by atoms with van der Waals surface area (Å²) in [5.41, 5.74) is 0.747. The van der Waals surface area contributed by atoms with Gasteiger partial charge in [-0.05, 0) is 25.8 Å². The molecule has 0 aromatic carbocycles. The molecule has 1 aromatic rings. The molecular weight excluding hydrogens is 307 g/mol. The first-order valence-electron chi connectivity index (χ1n) is 6.70. The van der Waals surface area contributed by atoms with Crippen molar-refractivity contribution >= 4 is 10.0 Å². The van der Waals surface area contributed by atoms with E-state index in [1.54, 1.807) is 9.29 Å². The van der Waals surface area contributed by atoms with Gasteiger partial charge >= 0.3 is 6.18 Å². The molecule has 0 aliphatic heterocycles. The van der Waals surface area contributed by atoms with Crippen molar-refractivity contribution in [3.05, 3.63) is 18.0 Å². The van der Waals surface area contributed by atoms with Gasteiger partial charge in [0.2, 0.25) is 10.0 Å². The van der Waals surface area contributed by atoms with Gasteiger partial charge in [0.1, 0.15) is 6.54 Å². The number of alkyl halides is 3. The highest BCUT2D eigenvalue weighted by Crippen LogP contribution is 2.21. The molecule has 0 amide bonds. The van der Waals surface area contributed by atoms with Crippen LogP contribution < -0.4 is 10.0 Å². The van der Waals surface area contributed by atoms with Gasteiger partial charge in [0.15, 0.2) is 0 Å². The molecule has 1 fully saturated rings. The molecule has 1 aliphatic carbocycles. The monoisotopic (exact) mass is 325 g/mol. The Hall–Kier alpha value is -1.06. The first-order chi connectivity index (χ1) is 9.71. The van der Waals surface area contributed by atoms with E-state index in [0.717, 1.165) is 18.5 Å². The molecule has 1 heterocycles. The summed E-state index contributed by atoms with van der Waals surface area (Å²) in [6, 6.07) is 1.88. The molecule has 1 aromatic heterocycles. The van der Waals surface area contributed by atoms with Crippen LogP contribution >= 0.6 is 0 Å². The van der Waals surface area contributed by atoms with E-state index < -0.39 is 22.7 Å². The van der Waals surface area contributed by atoms with E-state index >= 15 is 0 Å². The molecule has 0 atom stereocenters.